The van der Waals surface area contributed by atoms with Gasteiger partial charge in [0.1, 0.15) is 0 Å². The molecule has 0 aliphatic heterocycles. The van der Waals surface area contributed by atoms with Crippen molar-refractivity contribution in [1.82, 2.24) is 0 Å². The van der Waals surface area contributed by atoms with Crippen molar-refractivity contribution in [3.63, 3.8) is 0 Å². The lowest BCUT2D eigenvalue weighted by Crippen LogP contribution is -2.34. The third-order valence-electron chi connectivity index (χ3n) is 3.79. The SMILES string of the molecule is C[C@]12CC[C@@H](C[C@@H]1O)[C@@H]2C(=O)O. The number of hydrogen-bond acceptors (Lipinski definition) is 2. The Morgan fingerprint density at radius 3 is 2.50 bits per heavy atom. The van der Waals surface area contributed by atoms with E-state index in [1.165, 1.54) is 0 Å². The molecule has 2 bridgehead atoms. The monoisotopic (exact) mass is 170 g/mol. The lowest BCUT2D eigenvalue weighted by molar-refractivity contribution is -0.146. The smallest absolute Gasteiger partial charge is 0.307 e. The minimum atomic E-state index is -0.725. The normalized spacial score (nSPS) is 51.3. The molecule has 0 radical (unpaired) electrons. The molecule has 3 heteroatoms. The topological polar surface area (TPSA) is 57.5 Å². The fourth-order valence-electron chi connectivity index (χ4n) is 3.02. The average Bonchev–Trinajstić information content (AvgIpc) is 2.38. The van der Waals surface area contributed by atoms with Crippen LogP contribution in [0.3, 0.4) is 0 Å². The molecule has 0 aromatic heterocycles. The molecule has 2 aliphatic carbocycles. The van der Waals surface area contributed by atoms with E-state index in [2.05, 4.69) is 0 Å². The molecular weight excluding hydrogens is 156 g/mol. The van der Waals surface area contributed by atoms with Gasteiger partial charge in [-0.3, -0.25) is 4.79 Å². The molecule has 4 atom stereocenters. The van der Waals surface area contributed by atoms with Gasteiger partial charge in [-0.05, 0) is 25.2 Å². The standard InChI is InChI=1S/C9H14O3/c1-9-3-2-5(4-6(9)10)7(9)8(11)12/h5-7,10H,2-4H2,1H3,(H,11,12)/t5-,6-,7+,9-/m0/s1. The zero-order chi connectivity index (χ0) is 8.93. The molecule has 2 N–H and O–H groups in total. The zero-order valence-electron chi connectivity index (χ0n) is 7.16. The summed E-state index contributed by atoms with van der Waals surface area (Å²) in [5.41, 5.74) is -0.337. The van der Waals surface area contributed by atoms with Crippen molar-refractivity contribution in [2.24, 2.45) is 17.3 Å². The van der Waals surface area contributed by atoms with Gasteiger partial charge < -0.3 is 10.2 Å². The van der Waals surface area contributed by atoms with Crippen LogP contribution in [-0.2, 0) is 4.79 Å². The summed E-state index contributed by atoms with van der Waals surface area (Å²) in [7, 11) is 0. The molecule has 2 aliphatic rings. The molecule has 0 spiro atoms. The quantitative estimate of drug-likeness (QED) is 0.614. The maximum Gasteiger partial charge on any atom is 0.307 e. The zero-order valence-corrected chi connectivity index (χ0v) is 7.16. The molecule has 0 saturated heterocycles. The maximum absolute atomic E-state index is 10.9. The first-order valence-corrected chi connectivity index (χ1v) is 4.46. The van der Waals surface area contributed by atoms with E-state index < -0.39 is 12.1 Å². The van der Waals surface area contributed by atoms with Crippen LogP contribution in [0.1, 0.15) is 26.2 Å². The molecular formula is C9H14O3. The van der Waals surface area contributed by atoms with Crippen molar-refractivity contribution in [3.8, 4) is 0 Å². The van der Waals surface area contributed by atoms with Crippen molar-refractivity contribution >= 4 is 5.97 Å². The lowest BCUT2D eigenvalue weighted by atomic mass is 9.79. The van der Waals surface area contributed by atoms with Gasteiger partial charge in [-0.2, -0.15) is 0 Å². The Kier molecular flexibility index (Phi) is 1.49. The van der Waals surface area contributed by atoms with Crippen molar-refractivity contribution in [2.45, 2.75) is 32.3 Å². The Hall–Kier alpha value is -0.570. The number of hydrogen-bond donors (Lipinski definition) is 2. The molecule has 12 heavy (non-hydrogen) atoms. The number of aliphatic hydroxyl groups excluding tert-OH is 1. The highest BCUT2D eigenvalue weighted by Crippen LogP contribution is 2.58. The maximum atomic E-state index is 10.9. The summed E-state index contributed by atoms with van der Waals surface area (Å²) in [5, 5.41) is 18.6. The van der Waals surface area contributed by atoms with Crippen LogP contribution in [0, 0.1) is 17.3 Å². The molecule has 0 heterocycles. The highest BCUT2D eigenvalue weighted by atomic mass is 16.4. The average molecular weight is 170 g/mol. The Morgan fingerprint density at radius 2 is 2.25 bits per heavy atom. The van der Waals surface area contributed by atoms with Gasteiger partial charge in [-0.15, -0.1) is 0 Å². The van der Waals surface area contributed by atoms with Crippen molar-refractivity contribution in [2.75, 3.05) is 0 Å². The summed E-state index contributed by atoms with van der Waals surface area (Å²) in [6.07, 6.45) is 2.14. The molecule has 0 unspecified atom stereocenters. The minimum absolute atomic E-state index is 0.225. The van der Waals surface area contributed by atoms with E-state index >= 15 is 0 Å². The highest BCUT2D eigenvalue weighted by Gasteiger charge is 2.59. The number of carbonyl (C=O) groups is 1. The molecule has 2 fully saturated rings. The second-order valence-corrected chi connectivity index (χ2v) is 4.37. The molecule has 3 nitrogen and oxygen atoms in total. The van der Waals surface area contributed by atoms with Crippen LogP contribution in [-0.4, -0.2) is 22.3 Å². The van der Waals surface area contributed by atoms with Gasteiger partial charge in [0.15, 0.2) is 0 Å². The number of carboxylic acids is 1. The predicted molar refractivity (Wildman–Crippen MR) is 42.6 cm³/mol. The van der Waals surface area contributed by atoms with Crippen LogP contribution < -0.4 is 0 Å². The Bertz CT molecular complexity index is 226. The number of carboxylic acid groups (broad SMARTS) is 1. The summed E-state index contributed by atoms with van der Waals surface area (Å²) >= 11 is 0. The van der Waals surface area contributed by atoms with Crippen LogP contribution in [0.4, 0.5) is 0 Å². The molecule has 68 valence electrons. The minimum Gasteiger partial charge on any atom is -0.481 e. The van der Waals surface area contributed by atoms with E-state index in [0.29, 0.717) is 6.42 Å². The van der Waals surface area contributed by atoms with E-state index in [9.17, 15) is 9.90 Å². The fraction of sp³-hybridized carbons (Fsp3) is 0.889. The summed E-state index contributed by atoms with van der Waals surface area (Å²) < 4.78 is 0. The van der Waals surface area contributed by atoms with Gasteiger partial charge in [0, 0.05) is 5.41 Å². The predicted octanol–water partition coefficient (Wildman–Crippen LogP) is 0.868. The van der Waals surface area contributed by atoms with Crippen molar-refractivity contribution < 1.29 is 15.0 Å². The highest BCUT2D eigenvalue weighted by molar-refractivity contribution is 5.72. The Morgan fingerprint density at radius 1 is 1.58 bits per heavy atom. The van der Waals surface area contributed by atoms with Crippen LogP contribution in [0.15, 0.2) is 0 Å². The second-order valence-electron chi connectivity index (χ2n) is 4.37. The second kappa shape index (κ2) is 2.22. The van der Waals surface area contributed by atoms with Crippen molar-refractivity contribution in [3.05, 3.63) is 0 Å². The number of aliphatic hydroxyl groups is 1. The van der Waals surface area contributed by atoms with Crippen LogP contribution in [0.25, 0.3) is 0 Å². The summed E-state index contributed by atoms with van der Waals surface area (Å²) in [6, 6.07) is 0. The van der Waals surface area contributed by atoms with Gasteiger partial charge in [-0.25, -0.2) is 0 Å². The largest absolute Gasteiger partial charge is 0.481 e. The van der Waals surface area contributed by atoms with Gasteiger partial charge >= 0.3 is 5.97 Å². The van der Waals surface area contributed by atoms with E-state index in [4.69, 9.17) is 5.11 Å². The van der Waals surface area contributed by atoms with E-state index in [1.54, 1.807) is 0 Å². The van der Waals surface area contributed by atoms with Crippen LogP contribution in [0.5, 0.6) is 0 Å². The van der Waals surface area contributed by atoms with Crippen molar-refractivity contribution in [1.29, 1.82) is 0 Å². The number of fused-ring (bicyclic) bond motifs is 2. The van der Waals surface area contributed by atoms with E-state index in [0.717, 1.165) is 12.8 Å². The van der Waals surface area contributed by atoms with Gasteiger partial charge in [0.25, 0.3) is 0 Å². The fourth-order valence-corrected chi connectivity index (χ4v) is 3.02. The molecule has 0 aromatic rings. The molecule has 2 rings (SSSR count). The Balaban J connectivity index is 2.32. The summed E-state index contributed by atoms with van der Waals surface area (Å²) in [6.45, 7) is 1.91. The van der Waals surface area contributed by atoms with E-state index in [-0.39, 0.29) is 17.3 Å². The number of aliphatic carboxylic acids is 1. The van der Waals surface area contributed by atoms with Gasteiger partial charge in [-0.1, -0.05) is 6.92 Å². The van der Waals surface area contributed by atoms with E-state index in [1.807, 2.05) is 6.92 Å². The third kappa shape index (κ3) is 0.774. The van der Waals surface area contributed by atoms with Crippen LogP contribution >= 0.6 is 0 Å². The molecule has 0 aromatic carbocycles. The third-order valence-corrected chi connectivity index (χ3v) is 3.79. The lowest BCUT2D eigenvalue weighted by Gasteiger charge is -2.28. The van der Waals surface area contributed by atoms with Gasteiger partial charge in [0.05, 0.1) is 12.0 Å². The van der Waals surface area contributed by atoms with Gasteiger partial charge in [0.2, 0.25) is 0 Å². The van der Waals surface area contributed by atoms with Crippen LogP contribution in [0.2, 0.25) is 0 Å². The molecule has 0 amide bonds. The molecule has 2 saturated carbocycles. The number of rotatable bonds is 1. The summed E-state index contributed by atoms with van der Waals surface area (Å²) in [4.78, 5) is 10.9. The Labute approximate surface area is 71.4 Å². The first kappa shape index (κ1) is 8.05. The first-order valence-electron chi connectivity index (χ1n) is 4.46. The summed E-state index contributed by atoms with van der Waals surface area (Å²) in [5.74, 6) is -0.799. The first-order chi connectivity index (χ1) is 5.55.